The summed E-state index contributed by atoms with van der Waals surface area (Å²) in [5.74, 6) is 0.911. The van der Waals surface area contributed by atoms with Gasteiger partial charge in [0, 0.05) is 0 Å². The van der Waals surface area contributed by atoms with Gasteiger partial charge in [0.15, 0.2) is 6.29 Å². The summed E-state index contributed by atoms with van der Waals surface area (Å²) >= 11 is 0. The molecule has 3 nitrogen and oxygen atoms in total. The van der Waals surface area contributed by atoms with Gasteiger partial charge in [0.25, 0.3) is 0 Å². The number of rotatable bonds is 3. The Morgan fingerprint density at radius 1 is 1.27 bits per heavy atom. The van der Waals surface area contributed by atoms with Crippen LogP contribution in [0, 0.1) is 13.8 Å². The van der Waals surface area contributed by atoms with Gasteiger partial charge >= 0.3 is 0 Å². The highest BCUT2D eigenvalue weighted by Crippen LogP contribution is 2.19. The number of hydrogen-bond acceptors (Lipinski definition) is 3. The van der Waals surface area contributed by atoms with Crippen LogP contribution in [0.3, 0.4) is 0 Å². The fourth-order valence-electron chi connectivity index (χ4n) is 1.52. The second-order valence-corrected chi connectivity index (χ2v) is 3.75. The summed E-state index contributed by atoms with van der Waals surface area (Å²) in [5, 5.41) is 0. The molecule has 0 atom stereocenters. The molecule has 3 heteroatoms. The van der Waals surface area contributed by atoms with Crippen molar-refractivity contribution in [1.82, 2.24) is 0 Å². The van der Waals surface area contributed by atoms with Crippen LogP contribution >= 0.6 is 0 Å². The van der Waals surface area contributed by atoms with Crippen LogP contribution in [0.15, 0.2) is 18.2 Å². The third-order valence-electron chi connectivity index (χ3n) is 2.41. The fraction of sp³-hybridized carbons (Fsp3) is 0.500. The van der Waals surface area contributed by atoms with Crippen LogP contribution in [-0.2, 0) is 9.47 Å². The van der Waals surface area contributed by atoms with E-state index in [0.717, 1.165) is 11.3 Å². The second-order valence-electron chi connectivity index (χ2n) is 3.75. The molecule has 0 aromatic heterocycles. The number of aryl methyl sites for hydroxylation is 2. The van der Waals surface area contributed by atoms with E-state index in [9.17, 15) is 0 Å². The Labute approximate surface area is 90.0 Å². The largest absolute Gasteiger partial charge is 0.488 e. The van der Waals surface area contributed by atoms with E-state index in [1.165, 1.54) is 5.56 Å². The molecule has 1 heterocycles. The summed E-state index contributed by atoms with van der Waals surface area (Å²) in [4.78, 5) is 0. The lowest BCUT2D eigenvalue weighted by atomic mass is 10.1. The standard InChI is InChI=1S/C12H16O3/c1-9-3-4-10(2)11(7-9)15-8-12-13-5-6-14-12/h3-4,7,12H,5-6,8H2,1-2H3. The SMILES string of the molecule is Cc1ccc(C)c(OCC2OCCO2)c1. The highest BCUT2D eigenvalue weighted by Gasteiger charge is 2.16. The molecule has 1 fully saturated rings. The number of benzene rings is 1. The predicted octanol–water partition coefficient (Wildman–Crippen LogP) is 2.06. The molecule has 0 N–H and O–H groups in total. The van der Waals surface area contributed by atoms with Crippen molar-refractivity contribution in [3.63, 3.8) is 0 Å². The lowest BCUT2D eigenvalue weighted by Gasteiger charge is -2.13. The molecule has 82 valence electrons. The van der Waals surface area contributed by atoms with Gasteiger partial charge in [-0.1, -0.05) is 12.1 Å². The maximum atomic E-state index is 5.65. The molecule has 1 aromatic carbocycles. The number of hydrogen-bond donors (Lipinski definition) is 0. The molecule has 0 radical (unpaired) electrons. The van der Waals surface area contributed by atoms with Gasteiger partial charge in [-0.2, -0.15) is 0 Å². The zero-order valence-electron chi connectivity index (χ0n) is 9.16. The molecule has 1 aliphatic heterocycles. The lowest BCUT2D eigenvalue weighted by molar-refractivity contribution is -0.0685. The van der Waals surface area contributed by atoms with Crippen molar-refractivity contribution in [3.05, 3.63) is 29.3 Å². The minimum atomic E-state index is -0.204. The van der Waals surface area contributed by atoms with Crippen LogP contribution < -0.4 is 4.74 Å². The first-order valence-electron chi connectivity index (χ1n) is 5.19. The van der Waals surface area contributed by atoms with E-state index >= 15 is 0 Å². The van der Waals surface area contributed by atoms with Crippen molar-refractivity contribution in [1.29, 1.82) is 0 Å². The minimum absolute atomic E-state index is 0.204. The van der Waals surface area contributed by atoms with Gasteiger partial charge < -0.3 is 14.2 Å². The monoisotopic (exact) mass is 208 g/mol. The average Bonchev–Trinajstić information content (AvgIpc) is 2.72. The minimum Gasteiger partial charge on any atom is -0.488 e. The Morgan fingerprint density at radius 2 is 2.00 bits per heavy atom. The molecule has 1 aromatic rings. The maximum Gasteiger partial charge on any atom is 0.191 e. The van der Waals surface area contributed by atoms with Crippen LogP contribution in [0.25, 0.3) is 0 Å². The quantitative estimate of drug-likeness (QED) is 0.761. The van der Waals surface area contributed by atoms with Crippen molar-refractivity contribution in [2.45, 2.75) is 20.1 Å². The Balaban J connectivity index is 1.94. The van der Waals surface area contributed by atoms with E-state index in [2.05, 4.69) is 19.1 Å². The summed E-state index contributed by atoms with van der Waals surface area (Å²) in [7, 11) is 0. The van der Waals surface area contributed by atoms with Crippen LogP contribution in [-0.4, -0.2) is 26.1 Å². The van der Waals surface area contributed by atoms with E-state index in [1.54, 1.807) is 0 Å². The van der Waals surface area contributed by atoms with Crippen molar-refractivity contribution < 1.29 is 14.2 Å². The second kappa shape index (κ2) is 4.64. The zero-order chi connectivity index (χ0) is 10.7. The molecule has 0 amide bonds. The molecule has 0 spiro atoms. The first-order valence-corrected chi connectivity index (χ1v) is 5.19. The van der Waals surface area contributed by atoms with E-state index in [-0.39, 0.29) is 6.29 Å². The highest BCUT2D eigenvalue weighted by molar-refractivity contribution is 5.35. The molecule has 0 aliphatic carbocycles. The third kappa shape index (κ3) is 2.70. The molecule has 2 rings (SSSR count). The molecule has 1 aliphatic rings. The molecule has 0 unspecified atom stereocenters. The Hall–Kier alpha value is -1.06. The van der Waals surface area contributed by atoms with E-state index in [0.29, 0.717) is 19.8 Å². The zero-order valence-corrected chi connectivity index (χ0v) is 9.16. The lowest BCUT2D eigenvalue weighted by Crippen LogP contribution is -2.18. The first kappa shape index (κ1) is 10.5. The number of ether oxygens (including phenoxy) is 3. The van der Waals surface area contributed by atoms with Crippen LogP contribution in [0.5, 0.6) is 5.75 Å². The molecule has 0 saturated carbocycles. The van der Waals surface area contributed by atoms with Gasteiger partial charge in [-0.05, 0) is 31.0 Å². The molecule has 1 saturated heterocycles. The van der Waals surface area contributed by atoms with Crippen LogP contribution in [0.1, 0.15) is 11.1 Å². The van der Waals surface area contributed by atoms with Gasteiger partial charge in [0.2, 0.25) is 0 Å². The van der Waals surface area contributed by atoms with Crippen molar-refractivity contribution in [2.24, 2.45) is 0 Å². The average molecular weight is 208 g/mol. The van der Waals surface area contributed by atoms with Crippen LogP contribution in [0.4, 0.5) is 0 Å². The smallest absolute Gasteiger partial charge is 0.191 e. The van der Waals surface area contributed by atoms with E-state index in [1.807, 2.05) is 13.0 Å². The summed E-state index contributed by atoms with van der Waals surface area (Å²) < 4.78 is 16.2. The highest BCUT2D eigenvalue weighted by atomic mass is 16.7. The Kier molecular flexibility index (Phi) is 3.23. The Morgan fingerprint density at radius 3 is 2.73 bits per heavy atom. The first-order chi connectivity index (χ1) is 7.25. The van der Waals surface area contributed by atoms with Crippen molar-refractivity contribution in [3.8, 4) is 5.75 Å². The van der Waals surface area contributed by atoms with Gasteiger partial charge in [0.1, 0.15) is 12.4 Å². The van der Waals surface area contributed by atoms with Gasteiger partial charge in [-0.15, -0.1) is 0 Å². The summed E-state index contributed by atoms with van der Waals surface area (Å²) in [6.07, 6.45) is -0.204. The summed E-state index contributed by atoms with van der Waals surface area (Å²) in [5.41, 5.74) is 2.34. The van der Waals surface area contributed by atoms with E-state index < -0.39 is 0 Å². The molecular formula is C12H16O3. The fourth-order valence-corrected chi connectivity index (χ4v) is 1.52. The van der Waals surface area contributed by atoms with Crippen molar-refractivity contribution >= 4 is 0 Å². The Bertz CT molecular complexity index is 330. The third-order valence-corrected chi connectivity index (χ3v) is 2.41. The summed E-state index contributed by atoms with van der Waals surface area (Å²) in [6, 6.07) is 6.16. The van der Waals surface area contributed by atoms with E-state index in [4.69, 9.17) is 14.2 Å². The van der Waals surface area contributed by atoms with Crippen LogP contribution in [0.2, 0.25) is 0 Å². The van der Waals surface area contributed by atoms with Gasteiger partial charge in [-0.25, -0.2) is 0 Å². The summed E-state index contributed by atoms with van der Waals surface area (Å²) in [6.45, 7) is 5.88. The van der Waals surface area contributed by atoms with Gasteiger partial charge in [-0.3, -0.25) is 0 Å². The molecule has 15 heavy (non-hydrogen) atoms. The topological polar surface area (TPSA) is 27.7 Å². The normalized spacial score (nSPS) is 16.9. The maximum absolute atomic E-state index is 5.65. The molecular weight excluding hydrogens is 192 g/mol. The van der Waals surface area contributed by atoms with Crippen molar-refractivity contribution in [2.75, 3.05) is 19.8 Å². The predicted molar refractivity (Wildman–Crippen MR) is 57.1 cm³/mol. The van der Waals surface area contributed by atoms with Gasteiger partial charge in [0.05, 0.1) is 13.2 Å². The molecule has 0 bridgehead atoms.